The first-order chi connectivity index (χ1) is 36.9. The Balaban J connectivity index is 0.600. The molecule has 6 N–H and O–H groups in total. The number of fused-ring (bicyclic) bond motifs is 2. The summed E-state index contributed by atoms with van der Waals surface area (Å²) in [5.41, 5.74) is 10.4. The lowest BCUT2D eigenvalue weighted by Gasteiger charge is -2.34. The molecule has 18 nitrogen and oxygen atoms in total. The number of nitrogens with zero attached hydrogens (tertiary/aromatic N) is 10. The first-order valence-electron chi connectivity index (χ1n) is 25.9. The number of benzene rings is 2. The average Bonchev–Trinajstić information content (AvgIpc) is 4.20. The van der Waals surface area contributed by atoms with E-state index in [2.05, 4.69) is 79.3 Å². The molecule has 1 atom stereocenters. The molecular weight excluding hydrogens is 941 g/mol. The minimum Gasteiger partial charge on any atom is -0.351 e. The Morgan fingerprint density at radius 2 is 1.39 bits per heavy atom. The highest BCUT2D eigenvalue weighted by Crippen LogP contribution is 2.34. The van der Waals surface area contributed by atoms with Crippen molar-refractivity contribution in [1.82, 2.24) is 69.9 Å². The second-order valence-electron chi connectivity index (χ2n) is 19.2. The van der Waals surface area contributed by atoms with E-state index in [0.29, 0.717) is 55.4 Å². The highest BCUT2D eigenvalue weighted by Gasteiger charge is 2.24. The van der Waals surface area contributed by atoms with Crippen molar-refractivity contribution < 1.29 is 9.59 Å². The number of amides is 2. The van der Waals surface area contributed by atoms with Crippen LogP contribution in [-0.4, -0.2) is 123 Å². The molecule has 2 amide bonds. The van der Waals surface area contributed by atoms with E-state index in [0.717, 1.165) is 127 Å². The monoisotopic (exact) mass is 1000 g/mol. The fourth-order valence-electron chi connectivity index (χ4n) is 9.99. The Kier molecular flexibility index (Phi) is 15.0. The van der Waals surface area contributed by atoms with Gasteiger partial charge in [0.2, 0.25) is 11.9 Å². The number of rotatable bonds is 19. The number of pyridine rings is 2. The molecule has 0 radical (unpaired) electrons. The lowest BCUT2D eigenvalue weighted by atomic mass is 9.91. The van der Waals surface area contributed by atoms with Gasteiger partial charge in [-0.25, -0.2) is 24.9 Å². The van der Waals surface area contributed by atoms with Crippen LogP contribution in [0.5, 0.6) is 0 Å². The lowest BCUT2D eigenvalue weighted by molar-refractivity contribution is 0.0631. The zero-order valence-corrected chi connectivity index (χ0v) is 41.8. The number of allylic oxidation sites excluding steroid dienone is 2. The number of hydrogen-bond acceptors (Lipinski definition) is 13. The van der Waals surface area contributed by atoms with Crippen molar-refractivity contribution in [2.75, 3.05) is 63.0 Å². The van der Waals surface area contributed by atoms with Gasteiger partial charge < -0.3 is 40.7 Å². The molecule has 2 aromatic carbocycles. The molecule has 8 heterocycles. The Hall–Kier alpha value is -8.61. The van der Waals surface area contributed by atoms with Crippen LogP contribution in [0.4, 0.5) is 23.3 Å². The molecule has 1 fully saturated rings. The predicted octanol–water partition coefficient (Wildman–Crippen LogP) is 8.88. The summed E-state index contributed by atoms with van der Waals surface area (Å²) in [4.78, 5) is 69.2. The van der Waals surface area contributed by atoms with Crippen molar-refractivity contribution in [2.24, 2.45) is 0 Å². The average molecular weight is 1000 g/mol. The molecule has 380 valence electrons. The number of imidazole rings is 1. The van der Waals surface area contributed by atoms with Crippen LogP contribution >= 0.6 is 0 Å². The quantitative estimate of drug-likeness (QED) is 0.0330. The summed E-state index contributed by atoms with van der Waals surface area (Å²) in [6.07, 6.45) is 21.8. The van der Waals surface area contributed by atoms with Gasteiger partial charge in [-0.05, 0) is 135 Å². The first kappa shape index (κ1) is 48.6. The number of carbonyl (C=O) groups excluding carboxylic acids is 2. The largest absolute Gasteiger partial charge is 0.351 e. The summed E-state index contributed by atoms with van der Waals surface area (Å²) in [6.45, 7) is 7.00. The number of piperazine rings is 1. The van der Waals surface area contributed by atoms with Crippen LogP contribution < -0.4 is 21.3 Å². The molecule has 1 aliphatic heterocycles. The Labute approximate surface area is 434 Å². The van der Waals surface area contributed by atoms with Gasteiger partial charge in [0.05, 0.1) is 29.1 Å². The normalized spacial score (nSPS) is 15.2. The van der Waals surface area contributed by atoms with Gasteiger partial charge in [0, 0.05) is 123 Å². The Morgan fingerprint density at radius 1 is 0.653 bits per heavy atom. The van der Waals surface area contributed by atoms with Crippen LogP contribution in [0.25, 0.3) is 44.6 Å². The SMILES string of the molecule is O=C(NCCNCCn1ccnc1)c1cc2cc(Nc3nccc(-c4ccc(C5CCC=C(CCCN6CCN(C(=O)c7cc8cc(Nc9nccc(-c%10ccccn%10)n9)ccc8[nH]7)CC6)CC5)cn4)n3)ccc2[nH]1. The highest BCUT2D eigenvalue weighted by atomic mass is 16.2. The molecule has 1 aliphatic carbocycles. The maximum Gasteiger partial charge on any atom is 0.270 e. The minimum atomic E-state index is -0.150. The minimum absolute atomic E-state index is 0.0338. The number of carbonyl (C=O) groups is 2. The molecule has 0 bridgehead atoms. The molecule has 1 unspecified atom stereocenters. The summed E-state index contributed by atoms with van der Waals surface area (Å²) in [5.74, 6) is 1.28. The highest BCUT2D eigenvalue weighted by molar-refractivity contribution is 5.99. The summed E-state index contributed by atoms with van der Waals surface area (Å²) in [5, 5.41) is 14.8. The summed E-state index contributed by atoms with van der Waals surface area (Å²) >= 11 is 0. The number of hydrogen-bond donors (Lipinski definition) is 6. The van der Waals surface area contributed by atoms with Crippen LogP contribution in [0, 0.1) is 0 Å². The third-order valence-electron chi connectivity index (χ3n) is 14.1. The smallest absolute Gasteiger partial charge is 0.270 e. The van der Waals surface area contributed by atoms with Crippen molar-refractivity contribution in [3.8, 4) is 22.8 Å². The van der Waals surface area contributed by atoms with Gasteiger partial charge in [0.25, 0.3) is 11.8 Å². The van der Waals surface area contributed by atoms with Gasteiger partial charge in [0.15, 0.2) is 0 Å². The summed E-state index contributed by atoms with van der Waals surface area (Å²) in [6, 6.07) is 29.3. The number of anilines is 4. The van der Waals surface area contributed by atoms with E-state index in [-0.39, 0.29) is 11.8 Å². The van der Waals surface area contributed by atoms with Gasteiger partial charge in [0.1, 0.15) is 11.4 Å². The van der Waals surface area contributed by atoms with Crippen molar-refractivity contribution in [1.29, 1.82) is 0 Å². The predicted molar refractivity (Wildman–Crippen MR) is 292 cm³/mol. The van der Waals surface area contributed by atoms with Crippen LogP contribution in [-0.2, 0) is 6.54 Å². The molecule has 2 aliphatic rings. The molecule has 0 saturated carbocycles. The van der Waals surface area contributed by atoms with Crippen LogP contribution in [0.2, 0.25) is 0 Å². The van der Waals surface area contributed by atoms with E-state index in [1.807, 2.05) is 101 Å². The molecule has 9 aromatic rings. The topological polar surface area (TPSA) is 215 Å². The van der Waals surface area contributed by atoms with Gasteiger partial charge >= 0.3 is 0 Å². The maximum absolute atomic E-state index is 13.7. The van der Waals surface area contributed by atoms with Crippen LogP contribution in [0.1, 0.15) is 71.0 Å². The van der Waals surface area contributed by atoms with Crippen LogP contribution in [0.15, 0.2) is 146 Å². The van der Waals surface area contributed by atoms with Crippen LogP contribution in [0.3, 0.4) is 0 Å². The molecule has 75 heavy (non-hydrogen) atoms. The maximum atomic E-state index is 13.7. The molecular formula is C57H60N16O2. The number of aromatic nitrogens is 10. The Morgan fingerprint density at radius 3 is 2.08 bits per heavy atom. The molecule has 7 aromatic heterocycles. The molecule has 11 rings (SSSR count). The number of aromatic amines is 2. The fraction of sp³-hybridized carbons (Fsp3) is 0.281. The van der Waals surface area contributed by atoms with E-state index in [4.69, 9.17) is 9.97 Å². The van der Waals surface area contributed by atoms with Crippen molar-refractivity contribution in [3.05, 3.63) is 163 Å². The van der Waals surface area contributed by atoms with Gasteiger partial charge in [-0.2, -0.15) is 0 Å². The zero-order valence-electron chi connectivity index (χ0n) is 41.8. The zero-order chi connectivity index (χ0) is 50.8. The molecule has 1 saturated heterocycles. The third kappa shape index (κ3) is 12.3. The fourth-order valence-corrected chi connectivity index (χ4v) is 9.99. The van der Waals surface area contributed by atoms with Crippen molar-refractivity contribution in [3.63, 3.8) is 0 Å². The number of nitrogens with one attached hydrogen (secondary N) is 6. The van der Waals surface area contributed by atoms with E-state index in [1.54, 1.807) is 36.7 Å². The second kappa shape index (κ2) is 23.1. The van der Waals surface area contributed by atoms with E-state index >= 15 is 0 Å². The van der Waals surface area contributed by atoms with Crippen molar-refractivity contribution in [2.45, 2.75) is 51.0 Å². The van der Waals surface area contributed by atoms with Gasteiger partial charge in [-0.1, -0.05) is 23.8 Å². The van der Waals surface area contributed by atoms with E-state index in [1.165, 1.54) is 5.56 Å². The number of H-pyrrole nitrogens is 2. The summed E-state index contributed by atoms with van der Waals surface area (Å²) in [7, 11) is 0. The van der Waals surface area contributed by atoms with E-state index < -0.39 is 0 Å². The van der Waals surface area contributed by atoms with Gasteiger partial charge in [-0.3, -0.25) is 24.5 Å². The van der Waals surface area contributed by atoms with E-state index in [9.17, 15) is 9.59 Å². The Bertz CT molecular complexity index is 3400. The van der Waals surface area contributed by atoms with Gasteiger partial charge in [-0.15, -0.1) is 0 Å². The third-order valence-corrected chi connectivity index (χ3v) is 14.1. The molecule has 18 heteroatoms. The molecule has 0 spiro atoms. The standard InChI is InChI=1S/C57H60N16O2/c74-54(61-23-22-58-24-27-72-28-25-59-38-72)52-35-42-33-44(12-15-46(42)67-52)65-57-63-21-18-51(70-57)49-14-11-41(37-64-49)40-7-3-5-39(9-10-40)6-4-26-71-29-31-73(32-30-71)55(75)53-36-43-34-45(13-16-47(43)68-53)66-56-62-20-17-50(69-56)48-8-1-2-19-60-48/h1-2,5,8,11-21,25,28,33-38,40,58,67-68H,3-4,6-7,9-10,22-24,26-27,29-32H2,(H,61,74)(H,62,66,69)(H,63,65,70). The van der Waals surface area contributed by atoms with Crippen molar-refractivity contribution >= 4 is 56.9 Å². The second-order valence-corrected chi connectivity index (χ2v) is 19.2. The lowest BCUT2D eigenvalue weighted by Crippen LogP contribution is -2.48. The first-order valence-corrected chi connectivity index (χ1v) is 25.9. The summed E-state index contributed by atoms with van der Waals surface area (Å²) < 4.78 is 2.01.